The van der Waals surface area contributed by atoms with Gasteiger partial charge in [-0.15, -0.1) is 11.3 Å². The van der Waals surface area contributed by atoms with Gasteiger partial charge >= 0.3 is 0 Å². The molecule has 0 radical (unpaired) electrons. The number of hydrogen-bond acceptors (Lipinski definition) is 5. The molecule has 1 aromatic carbocycles. The van der Waals surface area contributed by atoms with Crippen molar-refractivity contribution in [2.75, 3.05) is 20.2 Å². The second kappa shape index (κ2) is 8.20. The first kappa shape index (κ1) is 18.9. The molecule has 1 N–H and O–H groups in total. The smallest absolute Gasteiger partial charge is 0.252 e. The predicted molar refractivity (Wildman–Crippen MR) is 101 cm³/mol. The van der Waals surface area contributed by atoms with Crippen LogP contribution in [0.2, 0.25) is 0 Å². The zero-order chi connectivity index (χ0) is 18.6. The van der Waals surface area contributed by atoms with Crippen LogP contribution in [-0.2, 0) is 21.4 Å². The summed E-state index contributed by atoms with van der Waals surface area (Å²) in [5.41, 5.74) is 0.970. The van der Waals surface area contributed by atoms with Crippen LogP contribution in [0.1, 0.15) is 18.4 Å². The number of rotatable bonds is 6. The van der Waals surface area contributed by atoms with Crippen LogP contribution in [-0.4, -0.2) is 38.8 Å². The summed E-state index contributed by atoms with van der Waals surface area (Å²) in [7, 11) is -1.89. The van der Waals surface area contributed by atoms with Gasteiger partial charge in [-0.25, -0.2) is 8.42 Å². The SMILES string of the molecule is COc1ccc(CNC(=O)C2CCCN(S(=O)(=O)c3cccs3)C2)cc1. The van der Waals surface area contributed by atoms with Gasteiger partial charge in [-0.1, -0.05) is 18.2 Å². The van der Waals surface area contributed by atoms with E-state index in [1.54, 1.807) is 24.6 Å². The maximum absolute atomic E-state index is 12.6. The van der Waals surface area contributed by atoms with Crippen LogP contribution in [0, 0.1) is 5.92 Å². The summed E-state index contributed by atoms with van der Waals surface area (Å²) in [4.78, 5) is 12.5. The molecule has 8 heteroatoms. The van der Waals surface area contributed by atoms with Crippen LogP contribution in [0.3, 0.4) is 0 Å². The van der Waals surface area contributed by atoms with E-state index in [1.165, 1.54) is 15.6 Å². The molecular weight excluding hydrogens is 372 g/mol. The summed E-state index contributed by atoms with van der Waals surface area (Å²) in [6, 6.07) is 10.8. The van der Waals surface area contributed by atoms with E-state index < -0.39 is 10.0 Å². The van der Waals surface area contributed by atoms with E-state index in [0.717, 1.165) is 11.3 Å². The topological polar surface area (TPSA) is 75.7 Å². The number of hydrogen-bond donors (Lipinski definition) is 1. The number of ether oxygens (including phenoxy) is 1. The summed E-state index contributed by atoms with van der Waals surface area (Å²) in [5.74, 6) is 0.338. The minimum Gasteiger partial charge on any atom is -0.497 e. The zero-order valence-corrected chi connectivity index (χ0v) is 16.2. The molecule has 0 spiro atoms. The van der Waals surface area contributed by atoms with Gasteiger partial charge in [0, 0.05) is 19.6 Å². The normalized spacial score (nSPS) is 18.4. The van der Waals surface area contributed by atoms with Crippen LogP contribution < -0.4 is 10.1 Å². The van der Waals surface area contributed by atoms with Crippen molar-refractivity contribution in [1.82, 2.24) is 9.62 Å². The van der Waals surface area contributed by atoms with Gasteiger partial charge < -0.3 is 10.1 Å². The molecule has 1 aliphatic heterocycles. The fraction of sp³-hybridized carbons (Fsp3) is 0.389. The van der Waals surface area contributed by atoms with E-state index in [9.17, 15) is 13.2 Å². The highest BCUT2D eigenvalue weighted by Crippen LogP contribution is 2.26. The molecule has 2 heterocycles. The van der Waals surface area contributed by atoms with E-state index in [0.29, 0.717) is 30.1 Å². The molecule has 1 saturated heterocycles. The molecule has 1 unspecified atom stereocenters. The zero-order valence-electron chi connectivity index (χ0n) is 14.6. The van der Waals surface area contributed by atoms with Gasteiger partial charge in [0.1, 0.15) is 9.96 Å². The lowest BCUT2D eigenvalue weighted by Crippen LogP contribution is -2.45. The summed E-state index contributed by atoms with van der Waals surface area (Å²) in [6.45, 7) is 1.11. The Bertz CT molecular complexity index is 833. The molecule has 1 atom stereocenters. The molecule has 1 fully saturated rings. The molecule has 1 aromatic heterocycles. The number of carbonyl (C=O) groups is 1. The molecule has 1 amide bonds. The lowest BCUT2D eigenvalue weighted by Gasteiger charge is -2.30. The minimum atomic E-state index is -3.50. The average Bonchev–Trinajstić information content (AvgIpc) is 3.22. The third-order valence-corrected chi connectivity index (χ3v) is 7.71. The number of nitrogens with one attached hydrogen (secondary N) is 1. The highest BCUT2D eigenvalue weighted by Gasteiger charge is 2.33. The van der Waals surface area contributed by atoms with Gasteiger partial charge in [0.25, 0.3) is 10.0 Å². The van der Waals surface area contributed by atoms with Crippen LogP contribution in [0.15, 0.2) is 46.0 Å². The maximum Gasteiger partial charge on any atom is 0.252 e. The highest BCUT2D eigenvalue weighted by atomic mass is 32.2. The number of sulfonamides is 1. The van der Waals surface area contributed by atoms with Gasteiger partial charge in [0.2, 0.25) is 5.91 Å². The number of thiophene rings is 1. The Morgan fingerprint density at radius 2 is 2.08 bits per heavy atom. The third kappa shape index (κ3) is 4.25. The molecular formula is C18H22N2O4S2. The second-order valence-electron chi connectivity index (χ2n) is 6.20. The highest BCUT2D eigenvalue weighted by molar-refractivity contribution is 7.91. The van der Waals surface area contributed by atoms with Gasteiger partial charge in [-0.2, -0.15) is 4.31 Å². The van der Waals surface area contributed by atoms with Crippen molar-refractivity contribution in [3.05, 3.63) is 47.3 Å². The van der Waals surface area contributed by atoms with Crippen molar-refractivity contribution >= 4 is 27.3 Å². The van der Waals surface area contributed by atoms with Gasteiger partial charge in [-0.05, 0) is 42.0 Å². The van der Waals surface area contributed by atoms with Crippen molar-refractivity contribution in [2.45, 2.75) is 23.6 Å². The average molecular weight is 395 g/mol. The molecule has 0 aliphatic carbocycles. The van der Waals surface area contributed by atoms with Gasteiger partial charge in [-0.3, -0.25) is 4.79 Å². The summed E-state index contributed by atoms with van der Waals surface area (Å²) in [5, 5.41) is 4.66. The van der Waals surface area contributed by atoms with E-state index in [2.05, 4.69) is 5.32 Å². The molecule has 0 bridgehead atoms. The second-order valence-corrected chi connectivity index (χ2v) is 9.31. The number of amides is 1. The Kier molecular flexibility index (Phi) is 5.95. The van der Waals surface area contributed by atoms with Crippen LogP contribution in [0.4, 0.5) is 0 Å². The first-order chi connectivity index (χ1) is 12.5. The molecule has 3 rings (SSSR count). The fourth-order valence-electron chi connectivity index (χ4n) is 2.99. The third-order valence-electron chi connectivity index (χ3n) is 4.47. The van der Waals surface area contributed by atoms with E-state index >= 15 is 0 Å². The maximum atomic E-state index is 12.6. The largest absolute Gasteiger partial charge is 0.497 e. The monoisotopic (exact) mass is 394 g/mol. The van der Waals surface area contributed by atoms with Crippen molar-refractivity contribution in [1.29, 1.82) is 0 Å². The van der Waals surface area contributed by atoms with Crippen molar-refractivity contribution in [3.8, 4) is 5.75 Å². The number of nitrogens with zero attached hydrogens (tertiary/aromatic N) is 1. The fourth-order valence-corrected chi connectivity index (χ4v) is 5.66. The first-order valence-corrected chi connectivity index (χ1v) is 10.8. The Morgan fingerprint density at radius 1 is 1.31 bits per heavy atom. The number of carbonyl (C=O) groups excluding carboxylic acids is 1. The van der Waals surface area contributed by atoms with E-state index in [4.69, 9.17) is 4.74 Å². The summed E-state index contributed by atoms with van der Waals surface area (Å²) < 4.78 is 32.2. The molecule has 1 aliphatic rings. The molecule has 26 heavy (non-hydrogen) atoms. The standard InChI is InChI=1S/C18H22N2O4S2/c1-24-16-8-6-14(7-9-16)12-19-18(21)15-4-2-10-20(13-15)26(22,23)17-5-3-11-25-17/h3,5-9,11,15H,2,4,10,12-13H2,1H3,(H,19,21). The lowest BCUT2D eigenvalue weighted by molar-refractivity contribution is -0.126. The van der Waals surface area contributed by atoms with Crippen molar-refractivity contribution in [3.63, 3.8) is 0 Å². The van der Waals surface area contributed by atoms with E-state index in [1.807, 2.05) is 24.3 Å². The number of piperidine rings is 1. The van der Waals surface area contributed by atoms with Crippen LogP contribution >= 0.6 is 11.3 Å². The van der Waals surface area contributed by atoms with Gasteiger partial charge in [0.15, 0.2) is 0 Å². The molecule has 0 saturated carbocycles. The quantitative estimate of drug-likeness (QED) is 0.817. The Hall–Kier alpha value is -1.90. The Labute approximate surface area is 157 Å². The molecule has 140 valence electrons. The first-order valence-electron chi connectivity index (χ1n) is 8.45. The number of methoxy groups -OCH3 is 1. The van der Waals surface area contributed by atoms with Gasteiger partial charge in [0.05, 0.1) is 13.0 Å². The Balaban J connectivity index is 1.59. The summed E-state index contributed by atoms with van der Waals surface area (Å²) >= 11 is 1.20. The minimum absolute atomic E-state index is 0.105. The molecule has 2 aromatic rings. The van der Waals surface area contributed by atoms with Crippen LogP contribution in [0.5, 0.6) is 5.75 Å². The number of benzene rings is 1. The van der Waals surface area contributed by atoms with E-state index in [-0.39, 0.29) is 18.4 Å². The summed E-state index contributed by atoms with van der Waals surface area (Å²) in [6.07, 6.45) is 1.39. The molecule has 6 nitrogen and oxygen atoms in total. The Morgan fingerprint density at radius 3 is 2.73 bits per heavy atom. The van der Waals surface area contributed by atoms with Crippen molar-refractivity contribution < 1.29 is 17.9 Å². The van der Waals surface area contributed by atoms with Crippen molar-refractivity contribution in [2.24, 2.45) is 5.92 Å². The lowest BCUT2D eigenvalue weighted by atomic mass is 9.99. The van der Waals surface area contributed by atoms with Crippen LogP contribution in [0.25, 0.3) is 0 Å². The predicted octanol–water partition coefficient (Wildman–Crippen LogP) is 2.47.